The van der Waals surface area contributed by atoms with E-state index in [0.29, 0.717) is 12.8 Å². The molecular weight excluding hydrogens is 294 g/mol. The number of anilines is 1. The Kier molecular flexibility index (Phi) is 3.45. The van der Waals surface area contributed by atoms with E-state index in [1.165, 1.54) is 18.2 Å². The van der Waals surface area contributed by atoms with Crippen LogP contribution in [-0.4, -0.2) is 22.9 Å². The monoisotopic (exact) mass is 307 g/mol. The van der Waals surface area contributed by atoms with Crippen LogP contribution in [0.3, 0.4) is 0 Å². The molecule has 6 heteroatoms. The van der Waals surface area contributed by atoms with Crippen LogP contribution in [0.25, 0.3) is 0 Å². The van der Waals surface area contributed by atoms with E-state index in [1.807, 2.05) is 0 Å². The average molecular weight is 308 g/mol. The van der Waals surface area contributed by atoms with Crippen LogP contribution in [0.2, 0.25) is 5.02 Å². The number of carboxylic acid groups (broad SMARTS) is 1. The number of carboxylic acids is 1. The van der Waals surface area contributed by atoms with E-state index in [9.17, 15) is 14.4 Å². The lowest BCUT2D eigenvalue weighted by molar-refractivity contribution is -0.122. The summed E-state index contributed by atoms with van der Waals surface area (Å²) < 4.78 is 0. The third-order valence-electron chi connectivity index (χ3n) is 4.28. The first-order chi connectivity index (χ1) is 10.0. The molecule has 5 nitrogen and oxygen atoms in total. The van der Waals surface area contributed by atoms with Crippen molar-refractivity contribution in [2.24, 2.45) is 11.8 Å². The van der Waals surface area contributed by atoms with Gasteiger partial charge in [0.25, 0.3) is 0 Å². The summed E-state index contributed by atoms with van der Waals surface area (Å²) in [6.45, 7) is 0. The summed E-state index contributed by atoms with van der Waals surface area (Å²) in [6.07, 6.45) is 3.30. The van der Waals surface area contributed by atoms with Crippen molar-refractivity contribution in [3.8, 4) is 0 Å². The Morgan fingerprint density at radius 1 is 1.14 bits per heavy atom. The highest BCUT2D eigenvalue weighted by molar-refractivity contribution is 6.36. The second-order valence-electron chi connectivity index (χ2n) is 5.48. The molecule has 1 saturated heterocycles. The smallest absolute Gasteiger partial charge is 0.335 e. The summed E-state index contributed by atoms with van der Waals surface area (Å²) >= 11 is 6.07. The number of carbonyl (C=O) groups excluding carboxylic acids is 2. The zero-order valence-electron chi connectivity index (χ0n) is 11.2. The second-order valence-corrected chi connectivity index (χ2v) is 5.89. The first-order valence-electron chi connectivity index (χ1n) is 6.91. The third-order valence-corrected chi connectivity index (χ3v) is 4.59. The van der Waals surface area contributed by atoms with Crippen molar-refractivity contribution in [2.45, 2.75) is 25.7 Å². The van der Waals surface area contributed by atoms with Crippen molar-refractivity contribution < 1.29 is 19.5 Å². The summed E-state index contributed by atoms with van der Waals surface area (Å²) in [5, 5.41) is 9.26. The van der Waals surface area contributed by atoms with Gasteiger partial charge in [0.2, 0.25) is 11.8 Å². The SMILES string of the molecule is O=C(O)c1ccc(Cl)c(N2C(=O)[C@@H]3CCCC[C@H]3C2=O)c1. The predicted molar refractivity (Wildman–Crippen MR) is 76.4 cm³/mol. The standard InChI is InChI=1S/C15H14ClNO4/c16-11-6-5-8(15(20)21)7-12(11)17-13(18)9-3-1-2-4-10(9)14(17)19/h5-7,9-10H,1-4H2,(H,20,21)/t9-,10-/m1/s1. The Bertz CT molecular complexity index is 619. The molecule has 1 heterocycles. The number of hydrogen-bond acceptors (Lipinski definition) is 3. The molecule has 1 saturated carbocycles. The minimum Gasteiger partial charge on any atom is -0.478 e. The van der Waals surface area contributed by atoms with Gasteiger partial charge in [0.05, 0.1) is 28.1 Å². The molecule has 0 spiro atoms. The Hall–Kier alpha value is -1.88. The number of rotatable bonds is 2. The Morgan fingerprint density at radius 3 is 2.24 bits per heavy atom. The number of aromatic carboxylic acids is 1. The molecule has 0 unspecified atom stereocenters. The van der Waals surface area contributed by atoms with Crippen LogP contribution in [0, 0.1) is 11.8 Å². The fourth-order valence-corrected chi connectivity index (χ4v) is 3.42. The van der Waals surface area contributed by atoms with Crippen molar-refractivity contribution in [1.29, 1.82) is 0 Å². The number of nitrogens with zero attached hydrogens (tertiary/aromatic N) is 1. The molecule has 2 aliphatic rings. The van der Waals surface area contributed by atoms with Gasteiger partial charge in [-0.1, -0.05) is 24.4 Å². The predicted octanol–water partition coefficient (Wildman–Crippen LogP) is 2.72. The van der Waals surface area contributed by atoms with Crippen LogP contribution in [0.5, 0.6) is 0 Å². The topological polar surface area (TPSA) is 74.7 Å². The third kappa shape index (κ3) is 2.21. The highest BCUT2D eigenvalue weighted by Gasteiger charge is 2.49. The molecule has 0 bridgehead atoms. The average Bonchev–Trinajstić information content (AvgIpc) is 2.72. The van der Waals surface area contributed by atoms with E-state index in [-0.39, 0.29) is 39.9 Å². The number of halogens is 1. The first kappa shape index (κ1) is 14.1. The first-order valence-corrected chi connectivity index (χ1v) is 7.29. The highest BCUT2D eigenvalue weighted by Crippen LogP contribution is 2.41. The Balaban J connectivity index is 2.04. The molecule has 1 aromatic carbocycles. The summed E-state index contributed by atoms with van der Waals surface area (Å²) in [5.41, 5.74) is 0.186. The number of hydrogen-bond donors (Lipinski definition) is 1. The molecule has 1 aromatic rings. The summed E-state index contributed by atoms with van der Waals surface area (Å²) in [6, 6.07) is 4.05. The van der Waals surface area contributed by atoms with Gasteiger partial charge >= 0.3 is 5.97 Å². The van der Waals surface area contributed by atoms with Gasteiger partial charge in [-0.15, -0.1) is 0 Å². The molecular formula is C15H14ClNO4. The Labute approximate surface area is 126 Å². The van der Waals surface area contributed by atoms with Crippen LogP contribution in [0.4, 0.5) is 5.69 Å². The van der Waals surface area contributed by atoms with Crippen molar-refractivity contribution in [3.05, 3.63) is 28.8 Å². The van der Waals surface area contributed by atoms with Crippen LogP contribution in [0.1, 0.15) is 36.0 Å². The fourth-order valence-electron chi connectivity index (χ4n) is 3.22. The van der Waals surface area contributed by atoms with Crippen LogP contribution < -0.4 is 4.90 Å². The lowest BCUT2D eigenvalue weighted by Gasteiger charge is -2.19. The lowest BCUT2D eigenvalue weighted by atomic mass is 9.81. The summed E-state index contributed by atoms with van der Waals surface area (Å²) in [7, 11) is 0. The number of carbonyl (C=O) groups is 3. The summed E-state index contributed by atoms with van der Waals surface area (Å²) in [4.78, 5) is 37.1. The van der Waals surface area contributed by atoms with Gasteiger partial charge in [-0.2, -0.15) is 0 Å². The number of benzene rings is 1. The van der Waals surface area contributed by atoms with Crippen LogP contribution in [-0.2, 0) is 9.59 Å². The molecule has 1 aliphatic heterocycles. The molecule has 21 heavy (non-hydrogen) atoms. The van der Waals surface area contributed by atoms with Gasteiger partial charge in [0, 0.05) is 0 Å². The van der Waals surface area contributed by atoms with Crippen LogP contribution in [0.15, 0.2) is 18.2 Å². The van der Waals surface area contributed by atoms with E-state index < -0.39 is 5.97 Å². The van der Waals surface area contributed by atoms with E-state index in [1.54, 1.807) is 0 Å². The normalized spacial score (nSPS) is 25.1. The molecule has 3 rings (SSSR count). The molecule has 2 amide bonds. The minimum absolute atomic E-state index is 0.00451. The van der Waals surface area contributed by atoms with E-state index >= 15 is 0 Å². The van der Waals surface area contributed by atoms with E-state index in [4.69, 9.17) is 16.7 Å². The quantitative estimate of drug-likeness (QED) is 0.852. The number of imide groups is 1. The van der Waals surface area contributed by atoms with E-state index in [0.717, 1.165) is 17.7 Å². The maximum Gasteiger partial charge on any atom is 0.335 e. The molecule has 0 aromatic heterocycles. The van der Waals surface area contributed by atoms with Crippen molar-refractivity contribution in [2.75, 3.05) is 4.90 Å². The maximum atomic E-state index is 12.5. The van der Waals surface area contributed by atoms with Crippen molar-refractivity contribution in [3.63, 3.8) is 0 Å². The largest absolute Gasteiger partial charge is 0.478 e. The Morgan fingerprint density at radius 2 is 1.71 bits per heavy atom. The number of fused-ring (bicyclic) bond motifs is 1. The zero-order chi connectivity index (χ0) is 15.1. The van der Waals surface area contributed by atoms with E-state index in [2.05, 4.69) is 0 Å². The van der Waals surface area contributed by atoms with Gasteiger partial charge in [0.15, 0.2) is 0 Å². The fraction of sp³-hybridized carbons (Fsp3) is 0.400. The second kappa shape index (κ2) is 5.15. The van der Waals surface area contributed by atoms with Gasteiger partial charge in [0.1, 0.15) is 0 Å². The van der Waals surface area contributed by atoms with Crippen LogP contribution >= 0.6 is 11.6 Å². The lowest BCUT2D eigenvalue weighted by Crippen LogP contribution is -2.31. The summed E-state index contributed by atoms with van der Waals surface area (Å²) in [5.74, 6) is -2.20. The van der Waals surface area contributed by atoms with Gasteiger partial charge < -0.3 is 5.11 Å². The molecule has 2 fully saturated rings. The van der Waals surface area contributed by atoms with Crippen molar-refractivity contribution in [1.82, 2.24) is 0 Å². The molecule has 1 N–H and O–H groups in total. The minimum atomic E-state index is -1.12. The van der Waals surface area contributed by atoms with Gasteiger partial charge in [-0.05, 0) is 31.0 Å². The van der Waals surface area contributed by atoms with Gasteiger partial charge in [-0.3, -0.25) is 9.59 Å². The highest BCUT2D eigenvalue weighted by atomic mass is 35.5. The zero-order valence-corrected chi connectivity index (χ0v) is 12.0. The molecule has 1 aliphatic carbocycles. The number of amides is 2. The molecule has 0 radical (unpaired) electrons. The molecule has 110 valence electrons. The molecule has 2 atom stereocenters. The van der Waals surface area contributed by atoms with Gasteiger partial charge in [-0.25, -0.2) is 9.69 Å². The van der Waals surface area contributed by atoms with Crippen molar-refractivity contribution >= 4 is 35.1 Å². The maximum absolute atomic E-state index is 12.5.